The second-order valence-electron chi connectivity index (χ2n) is 7.82. The van der Waals surface area contributed by atoms with Crippen molar-refractivity contribution in [1.29, 1.82) is 0 Å². The second kappa shape index (κ2) is 13.5. The molecule has 0 aliphatic carbocycles. The van der Waals surface area contributed by atoms with E-state index in [9.17, 15) is 46.1 Å². The Balaban J connectivity index is 0.00000361. The molecular weight excluding hydrogens is 562 g/mol. The first-order valence-corrected chi connectivity index (χ1v) is 12.9. The molecule has 0 unspecified atom stereocenters. The summed E-state index contributed by atoms with van der Waals surface area (Å²) in [5.41, 5.74) is 5.59. The maximum absolute atomic E-state index is 12.2. The molecule has 0 heterocycles. The zero-order valence-corrected chi connectivity index (χ0v) is 26.0. The van der Waals surface area contributed by atoms with Gasteiger partial charge < -0.3 is 26.0 Å². The molecule has 0 fully saturated rings. The van der Waals surface area contributed by atoms with Crippen molar-refractivity contribution < 1.29 is 105 Å². The molecule has 0 saturated carbocycles. The summed E-state index contributed by atoms with van der Waals surface area (Å²) in [7, 11) is -9.40. The summed E-state index contributed by atoms with van der Waals surface area (Å²) >= 11 is 0. The summed E-state index contributed by atoms with van der Waals surface area (Å²) in [6.07, 6.45) is -0.0415. The number of nitrogens with zero attached hydrogens (tertiary/aromatic N) is 1. The Morgan fingerprint density at radius 2 is 1.29 bits per heavy atom. The van der Waals surface area contributed by atoms with Crippen LogP contribution in [0, 0.1) is 0 Å². The van der Waals surface area contributed by atoms with Gasteiger partial charge in [-0.05, 0) is 41.0 Å². The number of hydrogen-bond acceptors (Lipinski definition) is 8. The molecule has 3 aromatic rings. The molecule has 0 saturated heterocycles. The Morgan fingerprint density at radius 1 is 0.789 bits per heavy atom. The molecule has 192 valence electrons. The van der Waals surface area contributed by atoms with Crippen LogP contribution in [0.25, 0.3) is 0 Å². The molecule has 0 bridgehead atoms. The number of phenols is 1. The SMILES string of the molecule is NC(=O)N(Cc1cc(S(=O)(=O)O)ccc1[O-])Cc1cc(S(=O)(=O)O)cc(Cc2ccc([O-])cc2)c1O.[Na+].[Na+]. The van der Waals surface area contributed by atoms with Crippen LogP contribution in [-0.4, -0.2) is 42.0 Å². The molecule has 0 radical (unpaired) electrons. The first-order chi connectivity index (χ1) is 16.6. The van der Waals surface area contributed by atoms with Gasteiger partial charge in [0.05, 0.1) is 16.3 Å². The second-order valence-corrected chi connectivity index (χ2v) is 10.7. The summed E-state index contributed by atoms with van der Waals surface area (Å²) in [5.74, 6) is -1.37. The number of carbonyl (C=O) groups excluding carboxylic acids is 1. The molecule has 3 aromatic carbocycles. The molecule has 16 heteroatoms. The van der Waals surface area contributed by atoms with Crippen molar-refractivity contribution in [2.75, 3.05) is 0 Å². The van der Waals surface area contributed by atoms with Gasteiger partial charge in [0.1, 0.15) is 5.75 Å². The summed E-state index contributed by atoms with van der Waals surface area (Å²) in [6.45, 7) is -1.08. The number of aromatic hydroxyl groups is 1. The van der Waals surface area contributed by atoms with Crippen molar-refractivity contribution in [3.05, 3.63) is 76.9 Å². The number of nitrogens with two attached hydrogens (primary N) is 1. The van der Waals surface area contributed by atoms with Gasteiger partial charge in [-0.2, -0.15) is 16.8 Å². The monoisotopic (exact) mass is 582 g/mol. The normalized spacial score (nSPS) is 11.2. The summed E-state index contributed by atoms with van der Waals surface area (Å²) in [5, 5.41) is 34.3. The molecule has 0 aromatic heterocycles. The van der Waals surface area contributed by atoms with E-state index in [1.807, 2.05) is 0 Å². The van der Waals surface area contributed by atoms with E-state index in [2.05, 4.69) is 0 Å². The maximum atomic E-state index is 12.2. The van der Waals surface area contributed by atoms with Crippen molar-refractivity contribution in [2.24, 2.45) is 5.73 Å². The van der Waals surface area contributed by atoms with E-state index in [1.54, 1.807) is 0 Å². The predicted molar refractivity (Wildman–Crippen MR) is 121 cm³/mol. The van der Waals surface area contributed by atoms with Gasteiger partial charge in [-0.15, -0.1) is 11.5 Å². The number of benzene rings is 3. The standard InChI is InChI=1S/C22H22N2O10S2.2Na/c23-22(28)24(11-15-9-18(35(29,30)31)5-6-20(15)26)12-16-10-19(36(32,33)34)8-14(21(16)27)7-13-1-3-17(25)4-2-13;;/h1-6,8-10,25-27H,7,11-12H2,(H2,23,28)(H,29,30,31)(H,32,33,34);;/q;2*+1/p-2. The fourth-order valence-electron chi connectivity index (χ4n) is 3.42. The van der Waals surface area contributed by atoms with Gasteiger partial charge in [0.25, 0.3) is 20.2 Å². The number of carbonyl (C=O) groups is 1. The molecule has 5 N–H and O–H groups in total. The largest absolute Gasteiger partial charge is 1.00 e. The van der Waals surface area contributed by atoms with Crippen LogP contribution in [-0.2, 0) is 39.7 Å². The van der Waals surface area contributed by atoms with Crippen molar-refractivity contribution in [1.82, 2.24) is 4.90 Å². The number of hydrogen-bond donors (Lipinski definition) is 4. The third-order valence-electron chi connectivity index (χ3n) is 5.22. The van der Waals surface area contributed by atoms with E-state index in [0.717, 1.165) is 35.2 Å². The van der Waals surface area contributed by atoms with Gasteiger partial charge in [-0.1, -0.05) is 30.3 Å². The van der Waals surface area contributed by atoms with Crippen LogP contribution in [0.1, 0.15) is 22.3 Å². The van der Waals surface area contributed by atoms with Gasteiger partial charge in [0, 0.05) is 18.5 Å². The van der Waals surface area contributed by atoms with Crippen molar-refractivity contribution in [3.8, 4) is 17.2 Å². The molecule has 0 aliphatic heterocycles. The molecule has 38 heavy (non-hydrogen) atoms. The van der Waals surface area contributed by atoms with Crippen LogP contribution in [0.4, 0.5) is 4.79 Å². The average Bonchev–Trinajstić information content (AvgIpc) is 2.76. The Kier molecular flexibility index (Phi) is 12.1. The number of primary amides is 1. The minimum absolute atomic E-state index is 0. The third kappa shape index (κ3) is 8.84. The third-order valence-corrected chi connectivity index (χ3v) is 6.90. The quantitative estimate of drug-likeness (QED) is 0.146. The maximum Gasteiger partial charge on any atom is 1.00 e. The van der Waals surface area contributed by atoms with Gasteiger partial charge in [-0.3, -0.25) is 9.11 Å². The van der Waals surface area contributed by atoms with E-state index in [1.165, 1.54) is 24.3 Å². The molecule has 3 rings (SSSR count). The molecule has 2 amide bonds. The first-order valence-electron chi connectivity index (χ1n) is 10.0. The minimum atomic E-state index is -4.75. The Labute approximate surface area is 263 Å². The molecule has 0 aliphatic rings. The van der Waals surface area contributed by atoms with Crippen LogP contribution in [0.2, 0.25) is 0 Å². The number of rotatable bonds is 8. The molecule has 12 nitrogen and oxygen atoms in total. The van der Waals surface area contributed by atoms with Gasteiger partial charge in [-0.25, -0.2) is 4.79 Å². The molecule has 0 spiro atoms. The molecular formula is C22H20N2Na2O10S2. The Bertz CT molecular complexity index is 1530. The summed E-state index contributed by atoms with van der Waals surface area (Å²) < 4.78 is 65.3. The minimum Gasteiger partial charge on any atom is -0.872 e. The number of amides is 2. The average molecular weight is 583 g/mol. The van der Waals surface area contributed by atoms with E-state index in [4.69, 9.17) is 5.73 Å². The fourth-order valence-corrected chi connectivity index (χ4v) is 4.54. The van der Waals surface area contributed by atoms with Crippen LogP contribution in [0.5, 0.6) is 17.2 Å². The van der Waals surface area contributed by atoms with Gasteiger partial charge >= 0.3 is 65.1 Å². The van der Waals surface area contributed by atoms with E-state index in [-0.39, 0.29) is 88.0 Å². The van der Waals surface area contributed by atoms with E-state index < -0.39 is 60.6 Å². The van der Waals surface area contributed by atoms with Crippen molar-refractivity contribution in [2.45, 2.75) is 29.3 Å². The zero-order valence-electron chi connectivity index (χ0n) is 20.4. The van der Waals surface area contributed by atoms with Crippen LogP contribution in [0.3, 0.4) is 0 Å². The summed E-state index contributed by atoms with van der Waals surface area (Å²) in [6, 6.07) is 8.93. The smallest absolute Gasteiger partial charge is 0.872 e. The zero-order chi connectivity index (χ0) is 26.8. The van der Waals surface area contributed by atoms with Crippen LogP contribution >= 0.6 is 0 Å². The number of urea groups is 1. The van der Waals surface area contributed by atoms with Crippen molar-refractivity contribution in [3.63, 3.8) is 0 Å². The van der Waals surface area contributed by atoms with Gasteiger partial charge in [0.15, 0.2) is 0 Å². The van der Waals surface area contributed by atoms with Crippen LogP contribution in [0.15, 0.2) is 64.4 Å². The van der Waals surface area contributed by atoms with Gasteiger partial charge in [0.2, 0.25) is 0 Å². The predicted octanol–water partition coefficient (Wildman–Crippen LogP) is -5.29. The fraction of sp³-hybridized carbons (Fsp3) is 0.136. The first kappa shape index (κ1) is 34.2. The molecule has 0 atom stereocenters. The Morgan fingerprint density at radius 3 is 1.82 bits per heavy atom. The summed E-state index contributed by atoms with van der Waals surface area (Å²) in [4.78, 5) is 11.7. The Hall–Kier alpha value is -1.85. The van der Waals surface area contributed by atoms with E-state index >= 15 is 0 Å². The van der Waals surface area contributed by atoms with E-state index in [0.29, 0.717) is 5.56 Å². The topological polar surface area (TPSA) is 221 Å². The number of phenolic OH excluding ortho intramolecular Hbond substituents is 1. The van der Waals surface area contributed by atoms with Crippen molar-refractivity contribution >= 4 is 26.3 Å². The van der Waals surface area contributed by atoms with Crippen LogP contribution < -0.4 is 75.1 Å².